The number of nitrogens with zero attached hydrogens (tertiary/aromatic N) is 3. The maximum absolute atomic E-state index is 12.7. The number of fused-ring (bicyclic) bond motifs is 2. The molecule has 0 spiro atoms. The van der Waals surface area contributed by atoms with Gasteiger partial charge in [0.1, 0.15) is 5.69 Å². The van der Waals surface area contributed by atoms with Crippen molar-refractivity contribution in [3.05, 3.63) is 86.6 Å². The van der Waals surface area contributed by atoms with Crippen molar-refractivity contribution in [2.75, 3.05) is 4.90 Å². The highest BCUT2D eigenvalue weighted by atomic mass is 35.5. The normalized spacial score (nSPS) is 13.4. The van der Waals surface area contributed by atoms with E-state index in [0.717, 1.165) is 16.2 Å². The molecule has 1 aliphatic heterocycles. The summed E-state index contributed by atoms with van der Waals surface area (Å²) in [7, 11) is 0. The van der Waals surface area contributed by atoms with Gasteiger partial charge in [0, 0.05) is 16.6 Å². The Morgan fingerprint density at radius 3 is 2.18 bits per heavy atom. The molecule has 0 atom stereocenters. The lowest BCUT2D eigenvalue weighted by Crippen LogP contribution is -2.34. The average Bonchev–Trinajstić information content (AvgIpc) is 3.21. The number of anilines is 1. The summed E-state index contributed by atoms with van der Waals surface area (Å²) in [6, 6.07) is 13.7. The van der Waals surface area contributed by atoms with E-state index in [4.69, 9.17) is 11.6 Å². The summed E-state index contributed by atoms with van der Waals surface area (Å²) in [6.45, 7) is 0. The van der Waals surface area contributed by atoms with E-state index in [0.29, 0.717) is 9.98 Å². The van der Waals surface area contributed by atoms with E-state index in [1.807, 2.05) is 17.5 Å². The predicted octanol–water partition coefficient (Wildman–Crippen LogP) is 3.88. The Balaban J connectivity index is 1.69. The van der Waals surface area contributed by atoms with Gasteiger partial charge < -0.3 is 0 Å². The monoisotopic (exact) mass is 407 g/mol. The molecule has 0 aliphatic carbocycles. The van der Waals surface area contributed by atoms with Gasteiger partial charge in [-0.05, 0) is 29.8 Å². The van der Waals surface area contributed by atoms with Gasteiger partial charge in [-0.25, -0.2) is 4.90 Å². The molecule has 0 fully saturated rings. The van der Waals surface area contributed by atoms with Crippen molar-refractivity contribution in [3.8, 4) is 11.3 Å². The van der Waals surface area contributed by atoms with Gasteiger partial charge in [0.2, 0.25) is 0 Å². The molecule has 0 saturated carbocycles. The van der Waals surface area contributed by atoms with Crippen molar-refractivity contribution in [1.82, 2.24) is 9.38 Å². The summed E-state index contributed by atoms with van der Waals surface area (Å²) in [6.07, 6.45) is 1.49. The third-order valence-electron chi connectivity index (χ3n) is 4.58. The number of amides is 2. The number of rotatable bonds is 2. The van der Waals surface area contributed by atoms with Gasteiger partial charge in [-0.1, -0.05) is 35.9 Å². The van der Waals surface area contributed by atoms with Crippen LogP contribution in [0.4, 0.5) is 5.69 Å². The molecule has 5 rings (SSSR count). The van der Waals surface area contributed by atoms with Crippen molar-refractivity contribution in [2.45, 2.75) is 0 Å². The van der Waals surface area contributed by atoms with Crippen LogP contribution < -0.4 is 10.5 Å². The molecule has 2 aromatic carbocycles. The van der Waals surface area contributed by atoms with Crippen LogP contribution in [0.1, 0.15) is 20.7 Å². The zero-order valence-electron chi connectivity index (χ0n) is 14.1. The van der Waals surface area contributed by atoms with E-state index in [-0.39, 0.29) is 16.8 Å². The maximum atomic E-state index is 12.7. The Morgan fingerprint density at radius 2 is 1.54 bits per heavy atom. The molecular formula is C20H10ClN3O3S. The van der Waals surface area contributed by atoms with Crippen LogP contribution in [0.2, 0.25) is 5.02 Å². The van der Waals surface area contributed by atoms with Crippen molar-refractivity contribution in [3.63, 3.8) is 0 Å². The van der Waals surface area contributed by atoms with Gasteiger partial charge in [-0.15, -0.1) is 11.3 Å². The lowest BCUT2D eigenvalue weighted by molar-refractivity contribution is 0.0925. The molecule has 136 valence electrons. The van der Waals surface area contributed by atoms with Gasteiger partial charge >= 0.3 is 0 Å². The first kappa shape index (κ1) is 16.9. The second-order valence-corrected chi connectivity index (χ2v) is 7.48. The van der Waals surface area contributed by atoms with Gasteiger partial charge in [0.15, 0.2) is 4.96 Å². The van der Waals surface area contributed by atoms with Crippen LogP contribution in [0, 0.1) is 0 Å². The van der Waals surface area contributed by atoms with E-state index in [1.165, 1.54) is 17.5 Å². The number of benzene rings is 2. The number of halogens is 1. The first-order chi connectivity index (χ1) is 13.5. The number of imide groups is 1. The van der Waals surface area contributed by atoms with Crippen molar-refractivity contribution >= 4 is 45.4 Å². The molecule has 0 radical (unpaired) electrons. The number of hydrogen-bond donors (Lipinski definition) is 0. The first-order valence-corrected chi connectivity index (χ1v) is 9.55. The Kier molecular flexibility index (Phi) is 3.68. The van der Waals surface area contributed by atoms with Crippen LogP contribution >= 0.6 is 22.9 Å². The molecule has 2 amide bonds. The fraction of sp³-hybridized carbons (Fsp3) is 0. The molecule has 4 aromatic rings. The summed E-state index contributed by atoms with van der Waals surface area (Å²) in [5, 5.41) is 2.47. The fourth-order valence-electron chi connectivity index (χ4n) is 3.24. The minimum absolute atomic E-state index is 0.0719. The molecule has 8 heteroatoms. The standard InChI is InChI=1S/C20H10ClN3O3S/c21-12-7-5-11(6-8-12)16-10-28-20-22-17(25)15(9-23(16)20)24-18(26)13-3-1-2-4-14(13)19(24)27/h1-10H. The van der Waals surface area contributed by atoms with Crippen molar-refractivity contribution in [2.24, 2.45) is 0 Å². The van der Waals surface area contributed by atoms with E-state index < -0.39 is 17.4 Å². The molecule has 3 heterocycles. The van der Waals surface area contributed by atoms with Crippen LogP contribution in [0.3, 0.4) is 0 Å². The molecule has 2 aromatic heterocycles. The van der Waals surface area contributed by atoms with E-state index in [9.17, 15) is 14.4 Å². The van der Waals surface area contributed by atoms with E-state index in [2.05, 4.69) is 4.98 Å². The van der Waals surface area contributed by atoms with Crippen LogP contribution in [0.5, 0.6) is 0 Å². The van der Waals surface area contributed by atoms with Gasteiger partial charge in [0.25, 0.3) is 17.4 Å². The fourth-order valence-corrected chi connectivity index (χ4v) is 4.23. The quantitative estimate of drug-likeness (QED) is 0.473. The second kappa shape index (κ2) is 6.12. The van der Waals surface area contributed by atoms with Crippen LogP contribution in [0.25, 0.3) is 16.2 Å². The molecule has 28 heavy (non-hydrogen) atoms. The Bertz CT molecular complexity index is 1310. The van der Waals surface area contributed by atoms with Gasteiger partial charge in [-0.2, -0.15) is 4.98 Å². The lowest BCUT2D eigenvalue weighted by Gasteiger charge is -2.13. The smallest absolute Gasteiger partial charge is 0.289 e. The van der Waals surface area contributed by atoms with Crippen LogP contribution in [0.15, 0.2) is 64.9 Å². The number of hydrogen-bond acceptors (Lipinski definition) is 5. The van der Waals surface area contributed by atoms with Crippen molar-refractivity contribution < 1.29 is 9.59 Å². The molecule has 0 N–H and O–H groups in total. The van der Waals surface area contributed by atoms with E-state index in [1.54, 1.807) is 40.8 Å². The second-order valence-electron chi connectivity index (χ2n) is 6.20. The Morgan fingerprint density at radius 1 is 0.893 bits per heavy atom. The van der Waals surface area contributed by atoms with Crippen molar-refractivity contribution in [1.29, 1.82) is 0 Å². The highest BCUT2D eigenvalue weighted by Gasteiger charge is 2.38. The summed E-state index contributed by atoms with van der Waals surface area (Å²) in [4.78, 5) is 43.5. The van der Waals surface area contributed by atoms with Crippen LogP contribution in [-0.4, -0.2) is 21.2 Å². The van der Waals surface area contributed by atoms with E-state index >= 15 is 0 Å². The SMILES string of the molecule is O=C1c2ccccc2C(=O)N1c1cn2c(-c3ccc(Cl)cc3)csc2nc1=O. The minimum atomic E-state index is -0.626. The zero-order valence-corrected chi connectivity index (χ0v) is 15.7. The molecule has 1 aliphatic rings. The Hall–Kier alpha value is -3.29. The maximum Gasteiger partial charge on any atom is 0.298 e. The highest BCUT2D eigenvalue weighted by molar-refractivity contribution is 7.15. The highest BCUT2D eigenvalue weighted by Crippen LogP contribution is 2.30. The summed E-state index contributed by atoms with van der Waals surface area (Å²) < 4.78 is 1.70. The predicted molar refractivity (Wildman–Crippen MR) is 107 cm³/mol. The molecule has 0 bridgehead atoms. The third kappa shape index (κ3) is 2.41. The number of carbonyl (C=O) groups excluding carboxylic acids is 2. The number of thiazole rings is 1. The summed E-state index contributed by atoms with van der Waals surface area (Å²) in [5.41, 5.74) is 1.51. The van der Waals surface area contributed by atoms with Gasteiger partial charge in [0.05, 0.1) is 16.8 Å². The zero-order chi connectivity index (χ0) is 19.4. The molecule has 0 unspecified atom stereocenters. The largest absolute Gasteiger partial charge is 0.298 e. The van der Waals surface area contributed by atoms with Crippen LogP contribution in [-0.2, 0) is 0 Å². The summed E-state index contributed by atoms with van der Waals surface area (Å²) >= 11 is 7.26. The third-order valence-corrected chi connectivity index (χ3v) is 5.68. The Labute approximate surface area is 167 Å². The topological polar surface area (TPSA) is 71.8 Å². The molecule has 6 nitrogen and oxygen atoms in total. The first-order valence-electron chi connectivity index (χ1n) is 8.29. The average molecular weight is 408 g/mol. The number of aromatic nitrogens is 2. The lowest BCUT2D eigenvalue weighted by atomic mass is 10.1. The summed E-state index contributed by atoms with van der Waals surface area (Å²) in [5.74, 6) is -1.05. The molecular weight excluding hydrogens is 398 g/mol. The van der Waals surface area contributed by atoms with Gasteiger partial charge in [-0.3, -0.25) is 18.8 Å². The number of carbonyl (C=O) groups is 2. The minimum Gasteiger partial charge on any atom is -0.289 e. The molecule has 0 saturated heterocycles.